The lowest BCUT2D eigenvalue weighted by atomic mass is 10.1. The van der Waals surface area contributed by atoms with Gasteiger partial charge in [-0.25, -0.2) is 9.37 Å². The van der Waals surface area contributed by atoms with Crippen LogP contribution < -0.4 is 10.2 Å². The highest BCUT2D eigenvalue weighted by Gasteiger charge is 2.19. The van der Waals surface area contributed by atoms with Crippen molar-refractivity contribution < 1.29 is 9.18 Å². The molecule has 2 heterocycles. The number of hydrogen-bond donors (Lipinski definition) is 1. The van der Waals surface area contributed by atoms with Crippen molar-refractivity contribution in [2.24, 2.45) is 0 Å². The van der Waals surface area contributed by atoms with Crippen molar-refractivity contribution in [1.29, 1.82) is 0 Å². The third kappa shape index (κ3) is 6.32. The lowest BCUT2D eigenvalue weighted by molar-refractivity contribution is -0.121. The highest BCUT2D eigenvalue weighted by atomic mass is 32.1. The molecule has 2 aromatic heterocycles. The summed E-state index contributed by atoms with van der Waals surface area (Å²) in [5.74, 6) is 0.425. The number of rotatable bonds is 10. The quantitative estimate of drug-likeness (QED) is 0.530. The number of benzene rings is 1. The van der Waals surface area contributed by atoms with Crippen LogP contribution in [0.5, 0.6) is 0 Å². The first-order valence-corrected chi connectivity index (χ1v) is 10.8. The van der Waals surface area contributed by atoms with Crippen molar-refractivity contribution in [2.45, 2.75) is 45.7 Å². The molecule has 0 saturated carbocycles. The topological polar surface area (TPSA) is 71.0 Å². The fraction of sp³-hybridized carbons (Fsp3) is 0.364. The molecule has 0 aliphatic heterocycles. The Hall–Kier alpha value is -2.87. The number of pyridine rings is 1. The zero-order valence-electron chi connectivity index (χ0n) is 17.2. The summed E-state index contributed by atoms with van der Waals surface area (Å²) < 4.78 is 17.6. The predicted molar refractivity (Wildman–Crippen MR) is 117 cm³/mol. The molecule has 0 bridgehead atoms. The van der Waals surface area contributed by atoms with E-state index in [4.69, 9.17) is 0 Å². The van der Waals surface area contributed by atoms with Crippen LogP contribution in [0.3, 0.4) is 0 Å². The molecule has 3 rings (SSSR count). The number of nitrogens with one attached hydrogen (secondary N) is 1. The summed E-state index contributed by atoms with van der Waals surface area (Å²) in [7, 11) is 0. The maximum atomic E-state index is 13.1. The van der Waals surface area contributed by atoms with Crippen LogP contribution in [0.25, 0.3) is 0 Å². The fourth-order valence-electron chi connectivity index (χ4n) is 2.95. The Labute approximate surface area is 180 Å². The number of amides is 1. The van der Waals surface area contributed by atoms with Gasteiger partial charge in [-0.2, -0.15) is 4.37 Å². The highest BCUT2D eigenvalue weighted by Crippen LogP contribution is 2.22. The van der Waals surface area contributed by atoms with Crippen molar-refractivity contribution in [2.75, 3.05) is 11.4 Å². The Morgan fingerprint density at radius 1 is 1.23 bits per heavy atom. The van der Waals surface area contributed by atoms with Gasteiger partial charge in [-0.1, -0.05) is 25.1 Å². The number of halogens is 1. The molecule has 1 atom stereocenters. The summed E-state index contributed by atoms with van der Waals surface area (Å²) in [6, 6.07) is 12.2. The average Bonchev–Trinajstić information content (AvgIpc) is 3.22. The molecule has 0 fully saturated rings. The van der Waals surface area contributed by atoms with E-state index in [2.05, 4.69) is 38.4 Å². The van der Waals surface area contributed by atoms with Crippen molar-refractivity contribution in [3.8, 4) is 0 Å². The molecule has 6 nitrogen and oxygen atoms in total. The fourth-order valence-corrected chi connectivity index (χ4v) is 3.76. The molecule has 1 amide bonds. The monoisotopic (exact) mass is 427 g/mol. The first-order chi connectivity index (χ1) is 14.5. The smallest absolute Gasteiger partial charge is 0.222 e. The number of anilines is 1. The van der Waals surface area contributed by atoms with E-state index in [1.807, 2.05) is 18.2 Å². The van der Waals surface area contributed by atoms with Crippen LogP contribution >= 0.6 is 11.5 Å². The van der Waals surface area contributed by atoms with Gasteiger partial charge in [0.25, 0.3) is 0 Å². The minimum atomic E-state index is -0.255. The van der Waals surface area contributed by atoms with Gasteiger partial charge in [-0.15, -0.1) is 0 Å². The van der Waals surface area contributed by atoms with Gasteiger partial charge in [0.2, 0.25) is 11.0 Å². The van der Waals surface area contributed by atoms with Gasteiger partial charge < -0.3 is 10.2 Å². The van der Waals surface area contributed by atoms with Crippen LogP contribution in [-0.4, -0.2) is 32.8 Å². The maximum absolute atomic E-state index is 13.1. The third-order valence-electron chi connectivity index (χ3n) is 4.87. The molecule has 30 heavy (non-hydrogen) atoms. The second kappa shape index (κ2) is 10.8. The Bertz CT molecular complexity index is 932. The van der Waals surface area contributed by atoms with Gasteiger partial charge >= 0.3 is 0 Å². The second-order valence-electron chi connectivity index (χ2n) is 7.09. The van der Waals surface area contributed by atoms with E-state index in [9.17, 15) is 9.18 Å². The van der Waals surface area contributed by atoms with Crippen molar-refractivity contribution in [1.82, 2.24) is 19.7 Å². The first kappa shape index (κ1) is 21.8. The van der Waals surface area contributed by atoms with E-state index in [1.165, 1.54) is 23.7 Å². The summed E-state index contributed by atoms with van der Waals surface area (Å²) in [5.41, 5.74) is 1.80. The van der Waals surface area contributed by atoms with Crippen LogP contribution in [0.1, 0.15) is 43.8 Å². The van der Waals surface area contributed by atoms with Gasteiger partial charge in [-0.05, 0) is 43.2 Å². The predicted octanol–water partition coefficient (Wildman–Crippen LogP) is 3.97. The Balaban J connectivity index is 1.58. The SMILES string of the molecule is CCC(C)N(CCC(=O)NCc1ccccn1)c1nc(Cc2ccc(F)cc2)ns1. The number of aromatic nitrogens is 3. The van der Waals surface area contributed by atoms with E-state index >= 15 is 0 Å². The summed E-state index contributed by atoms with van der Waals surface area (Å²) in [5, 5.41) is 3.72. The van der Waals surface area contributed by atoms with E-state index in [0.29, 0.717) is 31.8 Å². The lowest BCUT2D eigenvalue weighted by Gasteiger charge is -2.27. The van der Waals surface area contributed by atoms with Gasteiger partial charge in [0.05, 0.1) is 12.2 Å². The van der Waals surface area contributed by atoms with Gasteiger partial charge in [-0.3, -0.25) is 9.78 Å². The molecule has 1 N–H and O–H groups in total. The third-order valence-corrected chi connectivity index (χ3v) is 5.67. The summed E-state index contributed by atoms with van der Waals surface area (Å²) in [4.78, 5) is 23.3. The molecule has 0 saturated heterocycles. The molecule has 158 valence electrons. The molecule has 1 unspecified atom stereocenters. The summed E-state index contributed by atoms with van der Waals surface area (Å²) >= 11 is 1.33. The van der Waals surface area contributed by atoms with Crippen LogP contribution in [0.15, 0.2) is 48.7 Å². The lowest BCUT2D eigenvalue weighted by Crippen LogP contribution is -2.36. The van der Waals surface area contributed by atoms with Crippen molar-refractivity contribution in [3.63, 3.8) is 0 Å². The van der Waals surface area contributed by atoms with Gasteiger partial charge in [0.1, 0.15) is 11.6 Å². The van der Waals surface area contributed by atoms with Crippen LogP contribution in [0.4, 0.5) is 9.52 Å². The number of nitrogens with zero attached hydrogens (tertiary/aromatic N) is 4. The van der Waals surface area contributed by atoms with Crippen molar-refractivity contribution in [3.05, 3.63) is 71.6 Å². The van der Waals surface area contributed by atoms with E-state index < -0.39 is 0 Å². The second-order valence-corrected chi connectivity index (χ2v) is 7.83. The number of hydrogen-bond acceptors (Lipinski definition) is 6. The standard InChI is InChI=1S/C22H26FN5OS/c1-3-16(2)28(13-11-21(29)25-15-19-6-4-5-12-24-19)22-26-20(27-30-22)14-17-7-9-18(23)10-8-17/h4-10,12,16H,3,11,13-15H2,1-2H3,(H,25,29). The van der Waals surface area contributed by atoms with Crippen LogP contribution in [-0.2, 0) is 17.8 Å². The average molecular weight is 428 g/mol. The Morgan fingerprint density at radius 2 is 2.03 bits per heavy atom. The molecule has 3 aromatic rings. The highest BCUT2D eigenvalue weighted by molar-refractivity contribution is 7.09. The minimum absolute atomic E-state index is 0.0231. The Morgan fingerprint density at radius 3 is 2.73 bits per heavy atom. The minimum Gasteiger partial charge on any atom is -0.350 e. The Kier molecular flexibility index (Phi) is 7.84. The van der Waals surface area contributed by atoms with Gasteiger partial charge in [0.15, 0.2) is 0 Å². The molecular weight excluding hydrogens is 401 g/mol. The largest absolute Gasteiger partial charge is 0.350 e. The van der Waals surface area contributed by atoms with E-state index in [1.54, 1.807) is 18.3 Å². The van der Waals surface area contributed by atoms with E-state index in [-0.39, 0.29) is 17.8 Å². The summed E-state index contributed by atoms with van der Waals surface area (Å²) in [6.07, 6.45) is 3.56. The molecule has 0 aliphatic carbocycles. The zero-order valence-corrected chi connectivity index (χ0v) is 18.0. The molecule has 8 heteroatoms. The zero-order chi connectivity index (χ0) is 21.3. The van der Waals surface area contributed by atoms with Crippen molar-refractivity contribution >= 4 is 22.6 Å². The van der Waals surface area contributed by atoms with Gasteiger partial charge in [0, 0.05) is 43.2 Å². The molecule has 1 aromatic carbocycles. The molecule has 0 radical (unpaired) electrons. The number of carbonyl (C=O) groups excluding carboxylic acids is 1. The number of carbonyl (C=O) groups is 1. The maximum Gasteiger partial charge on any atom is 0.222 e. The normalized spacial score (nSPS) is 11.8. The molecule has 0 aliphatic rings. The van der Waals surface area contributed by atoms with Crippen LogP contribution in [0, 0.1) is 5.82 Å². The molecular formula is C22H26FN5OS. The molecule has 0 spiro atoms. The van der Waals surface area contributed by atoms with E-state index in [0.717, 1.165) is 22.8 Å². The van der Waals surface area contributed by atoms with Crippen LogP contribution in [0.2, 0.25) is 0 Å². The first-order valence-electron chi connectivity index (χ1n) is 10.1. The summed E-state index contributed by atoms with van der Waals surface area (Å²) in [6.45, 7) is 5.21.